The Morgan fingerprint density at radius 2 is 2.26 bits per heavy atom. The number of β-amino-alcohol motifs (C(OH)–C–C–N with tert-alkyl or cyclic N) is 1. The summed E-state index contributed by atoms with van der Waals surface area (Å²) in [6.07, 6.45) is 1.53. The van der Waals surface area contributed by atoms with Gasteiger partial charge in [-0.2, -0.15) is 4.31 Å². The summed E-state index contributed by atoms with van der Waals surface area (Å²) in [5, 5.41) is 12.6. The summed E-state index contributed by atoms with van der Waals surface area (Å²) in [5.41, 5.74) is 0. The average Bonchev–Trinajstić information content (AvgIpc) is 2.41. The molecule has 0 amide bonds. The number of nitrogens with zero attached hydrogens (tertiary/aromatic N) is 2. The highest BCUT2D eigenvalue weighted by Gasteiger charge is 2.32. The van der Waals surface area contributed by atoms with E-state index in [1.807, 2.05) is 6.92 Å². The second-order valence-corrected chi connectivity index (χ2v) is 6.76. The maximum absolute atomic E-state index is 12.5. The molecule has 1 aromatic heterocycles. The van der Waals surface area contributed by atoms with E-state index in [1.165, 1.54) is 22.6 Å². The van der Waals surface area contributed by atoms with Gasteiger partial charge in [0.05, 0.1) is 11.0 Å². The van der Waals surface area contributed by atoms with Gasteiger partial charge in [0.25, 0.3) is 0 Å². The second kappa shape index (κ2) is 5.44. The van der Waals surface area contributed by atoms with Crippen molar-refractivity contribution in [1.29, 1.82) is 0 Å². The number of sulfonamides is 1. The minimum atomic E-state index is -3.56. The average molecular weight is 285 g/mol. The fourth-order valence-corrected chi connectivity index (χ4v) is 3.58. The summed E-state index contributed by atoms with van der Waals surface area (Å²) in [7, 11) is -1.87. The van der Waals surface area contributed by atoms with Crippen molar-refractivity contribution in [2.24, 2.45) is 5.92 Å². The van der Waals surface area contributed by atoms with E-state index in [0.29, 0.717) is 18.8 Å². The number of hydrogen-bond acceptors (Lipinski definition) is 5. The smallest absolute Gasteiger partial charge is 0.243 e. The van der Waals surface area contributed by atoms with Gasteiger partial charge in [-0.15, -0.1) is 0 Å². The number of rotatable bonds is 3. The monoisotopic (exact) mass is 285 g/mol. The quantitative estimate of drug-likeness (QED) is 0.846. The molecule has 2 rings (SSSR count). The van der Waals surface area contributed by atoms with Gasteiger partial charge >= 0.3 is 0 Å². The van der Waals surface area contributed by atoms with Crippen LogP contribution in [0.15, 0.2) is 23.2 Å². The lowest BCUT2D eigenvalue weighted by atomic mass is 9.98. The van der Waals surface area contributed by atoms with Crippen molar-refractivity contribution in [1.82, 2.24) is 9.29 Å². The van der Waals surface area contributed by atoms with Gasteiger partial charge < -0.3 is 10.4 Å². The second-order valence-electron chi connectivity index (χ2n) is 4.82. The predicted octanol–water partition coefficient (Wildman–Crippen LogP) is 0.515. The van der Waals surface area contributed by atoms with Gasteiger partial charge in [-0.05, 0) is 18.4 Å². The topological polar surface area (TPSA) is 82.5 Å². The molecular weight excluding hydrogens is 266 g/mol. The van der Waals surface area contributed by atoms with Crippen LogP contribution in [-0.2, 0) is 10.0 Å². The largest absolute Gasteiger partial charge is 0.391 e. The van der Waals surface area contributed by atoms with Crippen LogP contribution in [0.5, 0.6) is 0 Å². The minimum absolute atomic E-state index is 0.136. The Labute approximate surface area is 113 Å². The Morgan fingerprint density at radius 3 is 2.89 bits per heavy atom. The Morgan fingerprint density at radius 1 is 1.53 bits per heavy atom. The molecule has 0 radical (unpaired) electrons. The maximum Gasteiger partial charge on any atom is 0.243 e. The number of aliphatic hydroxyl groups is 1. The summed E-state index contributed by atoms with van der Waals surface area (Å²) < 4.78 is 26.3. The first kappa shape index (κ1) is 14.2. The molecular formula is C12H19N3O3S. The van der Waals surface area contributed by atoms with Crippen molar-refractivity contribution in [2.75, 3.05) is 25.5 Å². The molecule has 19 heavy (non-hydrogen) atoms. The summed E-state index contributed by atoms with van der Waals surface area (Å²) >= 11 is 0. The molecule has 2 N–H and O–H groups in total. The highest BCUT2D eigenvalue weighted by Crippen LogP contribution is 2.24. The molecule has 1 saturated heterocycles. The van der Waals surface area contributed by atoms with Gasteiger partial charge in [-0.1, -0.05) is 6.92 Å². The first-order valence-corrected chi connectivity index (χ1v) is 7.71. The third-order valence-corrected chi connectivity index (χ3v) is 5.37. The van der Waals surface area contributed by atoms with Crippen LogP contribution in [0.3, 0.4) is 0 Å². The van der Waals surface area contributed by atoms with Gasteiger partial charge in [0.15, 0.2) is 0 Å². The van der Waals surface area contributed by atoms with Crippen LogP contribution < -0.4 is 5.32 Å². The Balaban J connectivity index is 2.27. The zero-order chi connectivity index (χ0) is 14.0. The molecule has 2 atom stereocenters. The van der Waals surface area contributed by atoms with Gasteiger partial charge in [0.1, 0.15) is 5.82 Å². The number of hydrogen-bond donors (Lipinski definition) is 2. The maximum atomic E-state index is 12.5. The molecule has 1 aliphatic heterocycles. The summed E-state index contributed by atoms with van der Waals surface area (Å²) in [4.78, 5) is 4.20. The van der Waals surface area contributed by atoms with Gasteiger partial charge in [0.2, 0.25) is 10.0 Å². The molecule has 0 bridgehead atoms. The fourth-order valence-electron chi connectivity index (χ4n) is 2.10. The van der Waals surface area contributed by atoms with Crippen molar-refractivity contribution in [2.45, 2.75) is 24.3 Å². The lowest BCUT2D eigenvalue weighted by Gasteiger charge is -2.33. The number of aliphatic hydroxyl groups excluding tert-OH is 1. The lowest BCUT2D eigenvalue weighted by Crippen LogP contribution is -2.45. The molecule has 0 saturated carbocycles. The molecule has 1 fully saturated rings. The number of aromatic nitrogens is 1. The molecule has 2 heterocycles. The molecule has 1 aromatic rings. The standard InChI is InChI=1S/C12H19N3O3S/c1-9-4-6-15(8-11(9)16)19(17,18)10-3-5-14-12(7-10)13-2/h3,5,7,9,11,16H,4,6,8H2,1-2H3,(H,13,14). The predicted molar refractivity (Wildman–Crippen MR) is 72.3 cm³/mol. The molecule has 6 nitrogen and oxygen atoms in total. The van der Waals surface area contributed by atoms with Crippen LogP contribution >= 0.6 is 0 Å². The van der Waals surface area contributed by atoms with Crippen LogP contribution in [0, 0.1) is 5.92 Å². The Kier molecular flexibility index (Phi) is 4.07. The van der Waals surface area contributed by atoms with Crippen LogP contribution in [0.25, 0.3) is 0 Å². The van der Waals surface area contributed by atoms with Crippen molar-refractivity contribution in [3.05, 3.63) is 18.3 Å². The van der Waals surface area contributed by atoms with Crippen molar-refractivity contribution < 1.29 is 13.5 Å². The third-order valence-electron chi connectivity index (χ3n) is 3.51. The zero-order valence-corrected chi connectivity index (χ0v) is 11.9. The third kappa shape index (κ3) is 2.88. The highest BCUT2D eigenvalue weighted by atomic mass is 32.2. The van der Waals surface area contributed by atoms with Crippen molar-refractivity contribution in [3.8, 4) is 0 Å². The van der Waals surface area contributed by atoms with E-state index in [0.717, 1.165) is 0 Å². The number of nitrogens with one attached hydrogen (secondary N) is 1. The Bertz CT molecular complexity index is 547. The molecule has 2 unspecified atom stereocenters. The van der Waals surface area contributed by atoms with E-state index < -0.39 is 16.1 Å². The Hall–Kier alpha value is -1.18. The fraction of sp³-hybridized carbons (Fsp3) is 0.583. The normalized spacial score (nSPS) is 25.2. The van der Waals surface area contributed by atoms with Gasteiger partial charge in [-0.3, -0.25) is 0 Å². The summed E-state index contributed by atoms with van der Waals surface area (Å²) in [6, 6.07) is 2.97. The first-order chi connectivity index (χ1) is 8.95. The van der Waals surface area contributed by atoms with E-state index in [2.05, 4.69) is 10.3 Å². The van der Waals surface area contributed by atoms with E-state index in [-0.39, 0.29) is 17.4 Å². The zero-order valence-electron chi connectivity index (χ0n) is 11.1. The number of anilines is 1. The lowest BCUT2D eigenvalue weighted by molar-refractivity contribution is 0.0605. The minimum Gasteiger partial charge on any atom is -0.391 e. The van der Waals surface area contributed by atoms with Crippen LogP contribution in [0.1, 0.15) is 13.3 Å². The van der Waals surface area contributed by atoms with Crippen LogP contribution in [-0.4, -0.2) is 49.1 Å². The van der Waals surface area contributed by atoms with Crippen molar-refractivity contribution >= 4 is 15.8 Å². The highest BCUT2D eigenvalue weighted by molar-refractivity contribution is 7.89. The molecule has 106 valence electrons. The number of piperidine rings is 1. The first-order valence-electron chi connectivity index (χ1n) is 6.27. The SMILES string of the molecule is CNc1cc(S(=O)(=O)N2CCC(C)C(O)C2)ccn1. The van der Waals surface area contributed by atoms with Gasteiger partial charge in [0, 0.05) is 32.4 Å². The van der Waals surface area contributed by atoms with Gasteiger partial charge in [-0.25, -0.2) is 13.4 Å². The molecule has 0 aromatic carbocycles. The van der Waals surface area contributed by atoms with E-state index in [9.17, 15) is 13.5 Å². The van der Waals surface area contributed by atoms with Crippen LogP contribution in [0.4, 0.5) is 5.82 Å². The summed E-state index contributed by atoms with van der Waals surface area (Å²) in [6.45, 7) is 2.53. The van der Waals surface area contributed by atoms with Crippen LogP contribution in [0.2, 0.25) is 0 Å². The molecule has 0 spiro atoms. The summed E-state index contributed by atoms with van der Waals surface area (Å²) in [5.74, 6) is 0.642. The molecule has 7 heteroatoms. The van der Waals surface area contributed by atoms with E-state index in [4.69, 9.17) is 0 Å². The molecule has 1 aliphatic rings. The molecule has 0 aliphatic carbocycles. The van der Waals surface area contributed by atoms with Crippen molar-refractivity contribution in [3.63, 3.8) is 0 Å². The number of pyridine rings is 1. The van der Waals surface area contributed by atoms with E-state index in [1.54, 1.807) is 7.05 Å². The van der Waals surface area contributed by atoms with E-state index >= 15 is 0 Å².